The number of hydrogen-bond acceptors (Lipinski definition) is 7. The number of piperazine rings is 1. The Kier molecular flexibility index (Phi) is 7.59. The number of nitrogens with zero attached hydrogens (tertiary/aromatic N) is 4. The minimum Gasteiger partial charge on any atom is -0.496 e. The van der Waals surface area contributed by atoms with E-state index in [4.69, 9.17) is 15.4 Å². The van der Waals surface area contributed by atoms with Crippen LogP contribution in [0, 0.1) is 16.7 Å². The summed E-state index contributed by atoms with van der Waals surface area (Å²) in [5.74, 6) is -0.525. The van der Waals surface area contributed by atoms with Gasteiger partial charge in [-0.1, -0.05) is 0 Å². The summed E-state index contributed by atoms with van der Waals surface area (Å²) in [5, 5.41) is 20.4. The van der Waals surface area contributed by atoms with Gasteiger partial charge in [0.1, 0.15) is 12.3 Å². The van der Waals surface area contributed by atoms with Gasteiger partial charge in [-0.15, -0.1) is 0 Å². The summed E-state index contributed by atoms with van der Waals surface area (Å²) >= 11 is 0. The smallest absolute Gasteiger partial charge is 0.406 e. The minimum atomic E-state index is -4.48. The molecule has 3 aliphatic heterocycles. The van der Waals surface area contributed by atoms with E-state index in [1.165, 1.54) is 13.3 Å². The zero-order valence-electron chi connectivity index (χ0n) is 20.7. The Morgan fingerprint density at radius 2 is 1.97 bits per heavy atom. The molecule has 196 valence electrons. The minimum absolute atomic E-state index is 0.0426. The summed E-state index contributed by atoms with van der Waals surface area (Å²) in [4.78, 5) is 18.0. The normalized spacial score (nSPS) is 20.4. The molecule has 8 nitrogen and oxygen atoms in total. The van der Waals surface area contributed by atoms with E-state index in [1.807, 2.05) is 25.3 Å². The van der Waals surface area contributed by atoms with Gasteiger partial charge in [-0.3, -0.25) is 9.69 Å². The lowest BCUT2D eigenvalue weighted by molar-refractivity contribution is -0.141. The van der Waals surface area contributed by atoms with Crippen molar-refractivity contribution in [2.45, 2.75) is 25.6 Å². The standard InChI is InChI=1S/C26H29F3N6O2/c1-17(13-30)33-7-9-34(10-8-33)20-3-4-22(32-15-20)21(14-31)19-11-18-5-6-35(16-26(27,28)29)25(36)24(18)23(12-19)37-2/h3-4,11-12,14-15,17,31-32H,5-10,16H2,1-2H3/b22-21+,31-14?. The fourth-order valence-electron chi connectivity index (χ4n) is 4.86. The van der Waals surface area contributed by atoms with Crippen molar-refractivity contribution in [1.82, 2.24) is 20.0 Å². The molecule has 0 bridgehead atoms. The number of dihydropyridines is 1. The quantitative estimate of drug-likeness (QED) is 0.567. The third-order valence-corrected chi connectivity index (χ3v) is 6.88. The highest BCUT2D eigenvalue weighted by atomic mass is 19.4. The van der Waals surface area contributed by atoms with Crippen LogP contribution in [0.5, 0.6) is 5.75 Å². The van der Waals surface area contributed by atoms with Crippen LogP contribution in [-0.4, -0.2) is 85.4 Å². The fourth-order valence-corrected chi connectivity index (χ4v) is 4.86. The van der Waals surface area contributed by atoms with E-state index in [0.717, 1.165) is 36.8 Å². The Morgan fingerprint density at radius 1 is 1.24 bits per heavy atom. The van der Waals surface area contributed by atoms with Crippen molar-refractivity contribution in [3.05, 3.63) is 58.6 Å². The Hall–Kier alpha value is -3.78. The highest BCUT2D eigenvalue weighted by molar-refractivity contribution is 6.11. The molecule has 11 heteroatoms. The number of fused-ring (bicyclic) bond motifs is 1. The van der Waals surface area contributed by atoms with Gasteiger partial charge in [0.15, 0.2) is 0 Å². The second kappa shape index (κ2) is 10.7. The van der Waals surface area contributed by atoms with Gasteiger partial charge in [0.2, 0.25) is 0 Å². The number of amides is 1. The van der Waals surface area contributed by atoms with Crippen molar-refractivity contribution in [3.8, 4) is 11.8 Å². The first kappa shape index (κ1) is 26.3. The predicted octanol–water partition coefficient (Wildman–Crippen LogP) is 3.15. The number of alkyl halides is 3. The highest BCUT2D eigenvalue weighted by Gasteiger charge is 2.37. The van der Waals surface area contributed by atoms with Gasteiger partial charge >= 0.3 is 6.18 Å². The topological polar surface area (TPSA) is 95.7 Å². The molecule has 1 amide bonds. The number of carbonyl (C=O) groups is 1. The molecule has 1 aromatic rings. The molecule has 4 rings (SSSR count). The van der Waals surface area contributed by atoms with Crippen LogP contribution < -0.4 is 10.1 Å². The highest BCUT2D eigenvalue weighted by Crippen LogP contribution is 2.34. The Morgan fingerprint density at radius 3 is 2.54 bits per heavy atom. The number of ether oxygens (including phenoxy) is 1. The third-order valence-electron chi connectivity index (χ3n) is 6.88. The summed E-state index contributed by atoms with van der Waals surface area (Å²) in [6, 6.07) is 5.50. The average Bonchev–Trinajstić information content (AvgIpc) is 2.89. The molecule has 1 atom stereocenters. The molecule has 37 heavy (non-hydrogen) atoms. The Bertz CT molecular complexity index is 1190. The lowest BCUT2D eigenvalue weighted by Gasteiger charge is -2.38. The lowest BCUT2D eigenvalue weighted by atomic mass is 9.92. The van der Waals surface area contributed by atoms with Crippen LogP contribution in [0.2, 0.25) is 0 Å². The van der Waals surface area contributed by atoms with Crippen LogP contribution in [0.3, 0.4) is 0 Å². The molecule has 0 aliphatic carbocycles. The van der Waals surface area contributed by atoms with Crippen LogP contribution >= 0.6 is 0 Å². The molecule has 0 spiro atoms. The number of methoxy groups -OCH3 is 1. The largest absolute Gasteiger partial charge is 0.496 e. The van der Waals surface area contributed by atoms with Crippen LogP contribution in [0.4, 0.5) is 13.2 Å². The van der Waals surface area contributed by atoms with Crippen LogP contribution in [0.1, 0.15) is 28.4 Å². The molecule has 3 aliphatic rings. The van der Waals surface area contributed by atoms with E-state index in [0.29, 0.717) is 22.4 Å². The van der Waals surface area contributed by atoms with Gasteiger partial charge in [-0.2, -0.15) is 18.4 Å². The molecular weight excluding hydrogens is 485 g/mol. The summed E-state index contributed by atoms with van der Waals surface area (Å²) in [6.45, 7) is 3.73. The van der Waals surface area contributed by atoms with E-state index in [1.54, 1.807) is 12.1 Å². The van der Waals surface area contributed by atoms with Gasteiger partial charge in [-0.05, 0) is 48.8 Å². The number of benzene rings is 1. The number of hydrogen-bond donors (Lipinski definition) is 2. The van der Waals surface area contributed by atoms with Crippen molar-refractivity contribution in [3.63, 3.8) is 0 Å². The lowest BCUT2D eigenvalue weighted by Crippen LogP contribution is -2.48. The molecule has 1 saturated heterocycles. The number of rotatable bonds is 6. The molecule has 0 saturated carbocycles. The molecule has 0 radical (unpaired) electrons. The van der Waals surface area contributed by atoms with Gasteiger partial charge in [0.25, 0.3) is 5.91 Å². The van der Waals surface area contributed by atoms with Crippen molar-refractivity contribution in [2.24, 2.45) is 0 Å². The van der Waals surface area contributed by atoms with Crippen LogP contribution in [0.15, 0.2) is 41.9 Å². The van der Waals surface area contributed by atoms with Crippen LogP contribution in [0.25, 0.3) is 5.57 Å². The van der Waals surface area contributed by atoms with Crippen molar-refractivity contribution in [2.75, 3.05) is 46.4 Å². The fraction of sp³-hybridized carbons (Fsp3) is 0.423. The average molecular weight is 515 g/mol. The van der Waals surface area contributed by atoms with E-state index in [2.05, 4.69) is 21.2 Å². The van der Waals surface area contributed by atoms with Gasteiger partial charge in [0, 0.05) is 56.4 Å². The van der Waals surface area contributed by atoms with E-state index in [9.17, 15) is 18.0 Å². The summed E-state index contributed by atoms with van der Waals surface area (Å²) in [7, 11) is 1.37. The van der Waals surface area contributed by atoms with Crippen molar-refractivity contribution in [1.29, 1.82) is 10.7 Å². The number of halogens is 3. The maximum Gasteiger partial charge on any atom is 0.406 e. The third kappa shape index (κ3) is 5.64. The second-order valence-corrected chi connectivity index (χ2v) is 9.15. The van der Waals surface area contributed by atoms with Crippen LogP contribution in [-0.2, 0) is 6.42 Å². The van der Waals surface area contributed by atoms with Crippen molar-refractivity contribution >= 4 is 17.7 Å². The maximum absolute atomic E-state index is 12.9. The van der Waals surface area contributed by atoms with E-state index < -0.39 is 18.6 Å². The number of nitriles is 1. The van der Waals surface area contributed by atoms with Gasteiger partial charge < -0.3 is 25.3 Å². The molecular formula is C26H29F3N6O2. The predicted molar refractivity (Wildman–Crippen MR) is 133 cm³/mol. The number of carbonyl (C=O) groups excluding carboxylic acids is 1. The number of allylic oxidation sites excluding steroid dienone is 3. The molecule has 1 fully saturated rings. The monoisotopic (exact) mass is 514 g/mol. The molecule has 0 aromatic heterocycles. The second-order valence-electron chi connectivity index (χ2n) is 9.15. The Balaban J connectivity index is 1.55. The maximum atomic E-state index is 12.9. The van der Waals surface area contributed by atoms with E-state index >= 15 is 0 Å². The molecule has 1 unspecified atom stereocenters. The van der Waals surface area contributed by atoms with Gasteiger partial charge in [-0.25, -0.2) is 0 Å². The summed E-state index contributed by atoms with van der Waals surface area (Å²) in [6.07, 6.45) is 2.69. The molecule has 3 heterocycles. The summed E-state index contributed by atoms with van der Waals surface area (Å²) in [5.41, 5.74) is 3.60. The first-order chi connectivity index (χ1) is 17.6. The first-order valence-corrected chi connectivity index (χ1v) is 12.0. The number of nitrogens with one attached hydrogen (secondary N) is 2. The molecule has 1 aromatic carbocycles. The summed E-state index contributed by atoms with van der Waals surface area (Å²) < 4.78 is 44.1. The van der Waals surface area contributed by atoms with Crippen molar-refractivity contribution < 1.29 is 22.7 Å². The zero-order valence-corrected chi connectivity index (χ0v) is 20.7. The van der Waals surface area contributed by atoms with Gasteiger partial charge in [0.05, 0.1) is 30.5 Å². The zero-order chi connectivity index (χ0) is 26.7. The Labute approximate surface area is 213 Å². The molecule has 2 N–H and O–H groups in total. The van der Waals surface area contributed by atoms with E-state index in [-0.39, 0.29) is 30.3 Å². The first-order valence-electron chi connectivity index (χ1n) is 12.0. The SMILES string of the molecule is COc1cc(/C(C=N)=C2\C=CC(N3CCN(C(C)C#N)CC3)=CN2)cc2c1C(=O)N(CC(F)(F)F)CC2.